The Morgan fingerprint density at radius 3 is 2.07 bits per heavy atom. The Hall–Kier alpha value is -2.69. The number of anilines is 2. The molecule has 0 saturated carbocycles. The molecule has 1 amide bonds. The van der Waals surface area contributed by atoms with Crippen LogP contribution in [0, 0.1) is 0 Å². The number of para-hydroxylation sites is 1. The normalized spacial score (nSPS) is 10.9. The van der Waals surface area contributed by atoms with Crippen LogP contribution in [0.1, 0.15) is 57.1 Å². The molecule has 0 aliphatic heterocycles. The van der Waals surface area contributed by atoms with E-state index in [0.717, 1.165) is 11.4 Å². The Balaban J connectivity index is 2.02. The highest BCUT2D eigenvalue weighted by molar-refractivity contribution is 5.93. The van der Waals surface area contributed by atoms with Gasteiger partial charge in [-0.1, -0.05) is 45.9 Å². The molecule has 5 heteroatoms. The van der Waals surface area contributed by atoms with Crippen LogP contribution >= 0.6 is 0 Å². The fraction of sp³-hybridized carbons (Fsp3) is 0.435. The molecule has 0 spiro atoms. The smallest absolute Gasteiger partial charge is 0.226 e. The molecule has 28 heavy (non-hydrogen) atoms. The van der Waals surface area contributed by atoms with Crippen molar-refractivity contribution in [3.05, 3.63) is 47.5 Å². The van der Waals surface area contributed by atoms with E-state index in [2.05, 4.69) is 56.5 Å². The van der Waals surface area contributed by atoms with Crippen molar-refractivity contribution in [2.75, 3.05) is 31.4 Å². The van der Waals surface area contributed by atoms with Crippen molar-refractivity contribution < 1.29 is 14.3 Å². The second-order valence-electron chi connectivity index (χ2n) is 7.42. The molecule has 5 nitrogen and oxygen atoms in total. The topological polar surface area (TPSA) is 59.6 Å². The van der Waals surface area contributed by atoms with Crippen LogP contribution in [0.5, 0.6) is 11.5 Å². The molecule has 0 aliphatic carbocycles. The second kappa shape index (κ2) is 10.0. The lowest BCUT2D eigenvalue weighted by atomic mass is 9.92. The number of hydrogen-bond acceptors (Lipinski definition) is 4. The van der Waals surface area contributed by atoms with E-state index < -0.39 is 0 Å². The van der Waals surface area contributed by atoms with Crippen LogP contribution in [0.15, 0.2) is 36.4 Å². The molecular weight excluding hydrogens is 352 g/mol. The molecule has 0 bridgehead atoms. The van der Waals surface area contributed by atoms with Gasteiger partial charge in [0.25, 0.3) is 0 Å². The summed E-state index contributed by atoms with van der Waals surface area (Å²) in [7, 11) is 3.21. The van der Waals surface area contributed by atoms with Crippen molar-refractivity contribution in [2.45, 2.75) is 46.0 Å². The Labute approximate surface area is 168 Å². The minimum Gasteiger partial charge on any atom is -0.493 e. The molecule has 0 aromatic heterocycles. The molecule has 0 heterocycles. The molecule has 0 unspecified atom stereocenters. The van der Waals surface area contributed by atoms with E-state index in [0.29, 0.717) is 36.3 Å². The number of carbonyl (C=O) groups excluding carboxylic acids is 1. The van der Waals surface area contributed by atoms with Gasteiger partial charge in [-0.25, -0.2) is 0 Å². The first-order valence-corrected chi connectivity index (χ1v) is 9.75. The van der Waals surface area contributed by atoms with E-state index >= 15 is 0 Å². The van der Waals surface area contributed by atoms with Gasteiger partial charge in [0.2, 0.25) is 5.91 Å². The standard InChI is InChI=1S/C23H32N2O3/c1-15(2)18-8-7-9-19(16(3)4)23(18)25-22(26)12-13-24-17-10-11-20(27-5)21(14-17)28-6/h7-11,14-16,24H,12-13H2,1-6H3,(H,25,26). The van der Waals surface area contributed by atoms with Crippen molar-refractivity contribution >= 4 is 17.3 Å². The van der Waals surface area contributed by atoms with Gasteiger partial charge in [0, 0.05) is 30.4 Å². The first kappa shape index (κ1) is 21.6. The van der Waals surface area contributed by atoms with Crippen molar-refractivity contribution in [3.63, 3.8) is 0 Å². The average molecular weight is 385 g/mol. The highest BCUT2D eigenvalue weighted by Gasteiger charge is 2.15. The molecule has 0 radical (unpaired) electrons. The SMILES string of the molecule is COc1ccc(NCCC(=O)Nc2c(C(C)C)cccc2C(C)C)cc1OC. The van der Waals surface area contributed by atoms with E-state index in [1.165, 1.54) is 11.1 Å². The highest BCUT2D eigenvalue weighted by Crippen LogP contribution is 2.32. The number of carbonyl (C=O) groups is 1. The Bertz CT molecular complexity index is 774. The van der Waals surface area contributed by atoms with Gasteiger partial charge in [0.05, 0.1) is 14.2 Å². The summed E-state index contributed by atoms with van der Waals surface area (Å²) < 4.78 is 10.6. The summed E-state index contributed by atoms with van der Waals surface area (Å²) >= 11 is 0. The van der Waals surface area contributed by atoms with Crippen molar-refractivity contribution in [1.29, 1.82) is 0 Å². The summed E-state index contributed by atoms with van der Waals surface area (Å²) in [4.78, 5) is 12.6. The van der Waals surface area contributed by atoms with Crippen molar-refractivity contribution in [1.82, 2.24) is 0 Å². The van der Waals surface area contributed by atoms with Gasteiger partial charge in [-0.15, -0.1) is 0 Å². The minimum absolute atomic E-state index is 0.00276. The van der Waals surface area contributed by atoms with Gasteiger partial charge in [0.15, 0.2) is 11.5 Å². The minimum atomic E-state index is 0.00276. The zero-order chi connectivity index (χ0) is 20.7. The molecule has 0 fully saturated rings. The zero-order valence-electron chi connectivity index (χ0n) is 17.8. The first-order chi connectivity index (χ1) is 13.4. The molecular formula is C23H32N2O3. The second-order valence-corrected chi connectivity index (χ2v) is 7.42. The molecule has 2 aromatic rings. The molecule has 152 valence electrons. The maximum atomic E-state index is 12.6. The summed E-state index contributed by atoms with van der Waals surface area (Å²) in [5.74, 6) is 2.03. The first-order valence-electron chi connectivity index (χ1n) is 9.75. The van der Waals surface area contributed by atoms with E-state index in [4.69, 9.17) is 9.47 Å². The van der Waals surface area contributed by atoms with E-state index in [-0.39, 0.29) is 5.91 Å². The molecule has 2 aromatic carbocycles. The Kier molecular flexibility index (Phi) is 7.73. The van der Waals surface area contributed by atoms with Crippen molar-refractivity contribution in [3.8, 4) is 11.5 Å². The maximum absolute atomic E-state index is 12.6. The third-order valence-corrected chi connectivity index (χ3v) is 4.70. The van der Waals surface area contributed by atoms with Crippen LogP contribution in [0.4, 0.5) is 11.4 Å². The van der Waals surface area contributed by atoms with Crippen LogP contribution in [0.25, 0.3) is 0 Å². The predicted molar refractivity (Wildman–Crippen MR) is 116 cm³/mol. The van der Waals surface area contributed by atoms with Gasteiger partial charge in [0.1, 0.15) is 0 Å². The lowest BCUT2D eigenvalue weighted by molar-refractivity contribution is -0.115. The fourth-order valence-corrected chi connectivity index (χ4v) is 3.16. The van der Waals surface area contributed by atoms with Crippen molar-refractivity contribution in [2.24, 2.45) is 0 Å². The van der Waals surface area contributed by atoms with Gasteiger partial charge >= 0.3 is 0 Å². The zero-order valence-corrected chi connectivity index (χ0v) is 17.8. The maximum Gasteiger partial charge on any atom is 0.226 e. The summed E-state index contributed by atoms with van der Waals surface area (Å²) in [5, 5.41) is 6.41. The predicted octanol–water partition coefficient (Wildman–Crippen LogP) is 5.39. The monoisotopic (exact) mass is 384 g/mol. The third-order valence-electron chi connectivity index (χ3n) is 4.70. The highest BCUT2D eigenvalue weighted by atomic mass is 16.5. The number of ether oxygens (including phenoxy) is 2. The summed E-state index contributed by atoms with van der Waals surface area (Å²) in [6.45, 7) is 9.12. The Morgan fingerprint density at radius 1 is 0.929 bits per heavy atom. The fourth-order valence-electron chi connectivity index (χ4n) is 3.16. The summed E-state index contributed by atoms with van der Waals surface area (Å²) in [6.07, 6.45) is 0.373. The van der Waals surface area contributed by atoms with Crippen LogP contribution in [-0.2, 0) is 4.79 Å². The average Bonchev–Trinajstić information content (AvgIpc) is 2.67. The molecule has 0 aliphatic rings. The lowest BCUT2D eigenvalue weighted by Gasteiger charge is -2.20. The number of amides is 1. The number of rotatable bonds is 9. The van der Waals surface area contributed by atoms with Crippen LogP contribution in [0.3, 0.4) is 0 Å². The Morgan fingerprint density at radius 2 is 1.54 bits per heavy atom. The summed E-state index contributed by atoms with van der Waals surface area (Å²) in [5.41, 5.74) is 4.19. The number of benzene rings is 2. The van der Waals surface area contributed by atoms with E-state index in [9.17, 15) is 4.79 Å². The van der Waals surface area contributed by atoms with Gasteiger partial charge in [-0.2, -0.15) is 0 Å². The molecule has 2 N–H and O–H groups in total. The van der Waals surface area contributed by atoms with Crippen LogP contribution in [-0.4, -0.2) is 26.7 Å². The van der Waals surface area contributed by atoms with E-state index in [1.54, 1.807) is 14.2 Å². The van der Waals surface area contributed by atoms with Crippen LogP contribution in [0.2, 0.25) is 0 Å². The summed E-state index contributed by atoms with van der Waals surface area (Å²) in [6, 6.07) is 11.9. The lowest BCUT2D eigenvalue weighted by Crippen LogP contribution is -2.18. The third kappa shape index (κ3) is 5.41. The molecule has 0 atom stereocenters. The largest absolute Gasteiger partial charge is 0.493 e. The molecule has 2 rings (SSSR count). The quantitative estimate of drug-likeness (QED) is 0.608. The number of nitrogens with one attached hydrogen (secondary N) is 2. The van der Waals surface area contributed by atoms with E-state index in [1.807, 2.05) is 18.2 Å². The number of methoxy groups -OCH3 is 2. The van der Waals surface area contributed by atoms with Gasteiger partial charge in [-0.3, -0.25) is 4.79 Å². The molecule has 0 saturated heterocycles. The van der Waals surface area contributed by atoms with Gasteiger partial charge in [-0.05, 0) is 35.1 Å². The van der Waals surface area contributed by atoms with Gasteiger partial charge < -0.3 is 20.1 Å². The van der Waals surface area contributed by atoms with Crippen LogP contribution < -0.4 is 20.1 Å². The number of hydrogen-bond donors (Lipinski definition) is 2.